The SMILES string of the molecule is COC(=O)c1cc(C#N)ncn1. The number of ether oxygens (including phenoxy) is 1. The molecule has 5 heteroatoms. The fourth-order valence-corrected chi connectivity index (χ4v) is 0.635. The van der Waals surface area contributed by atoms with Crippen LogP contribution in [-0.2, 0) is 4.74 Å². The van der Waals surface area contributed by atoms with Gasteiger partial charge in [-0.3, -0.25) is 0 Å². The second-order valence-corrected chi connectivity index (χ2v) is 1.89. The van der Waals surface area contributed by atoms with Gasteiger partial charge in [-0.15, -0.1) is 0 Å². The molecule has 0 fully saturated rings. The van der Waals surface area contributed by atoms with Gasteiger partial charge in [-0.05, 0) is 0 Å². The van der Waals surface area contributed by atoms with Gasteiger partial charge >= 0.3 is 5.97 Å². The van der Waals surface area contributed by atoms with Crippen LogP contribution in [0.1, 0.15) is 16.2 Å². The first-order valence-electron chi connectivity index (χ1n) is 3.08. The third-order valence-corrected chi connectivity index (χ3v) is 1.18. The Bertz CT molecular complexity index is 343. The van der Waals surface area contributed by atoms with Gasteiger partial charge in [0, 0.05) is 6.07 Å². The number of esters is 1. The molecule has 0 aliphatic rings. The summed E-state index contributed by atoms with van der Waals surface area (Å²) in [7, 11) is 1.25. The van der Waals surface area contributed by atoms with Crippen LogP contribution in [0.25, 0.3) is 0 Å². The zero-order valence-electron chi connectivity index (χ0n) is 6.31. The van der Waals surface area contributed by atoms with Crippen LogP contribution in [0, 0.1) is 11.3 Å². The van der Waals surface area contributed by atoms with E-state index in [1.54, 1.807) is 6.07 Å². The van der Waals surface area contributed by atoms with E-state index in [2.05, 4.69) is 14.7 Å². The number of hydrogen-bond acceptors (Lipinski definition) is 5. The predicted molar refractivity (Wildman–Crippen MR) is 38.1 cm³/mol. The topological polar surface area (TPSA) is 75.9 Å². The predicted octanol–water partition coefficient (Wildman–Crippen LogP) is 0.135. The number of methoxy groups -OCH3 is 1. The summed E-state index contributed by atoms with van der Waals surface area (Å²) in [5.41, 5.74) is 0.231. The maximum Gasteiger partial charge on any atom is 0.356 e. The molecule has 0 saturated heterocycles. The first-order valence-corrected chi connectivity index (χ1v) is 3.08. The zero-order valence-corrected chi connectivity index (χ0v) is 6.31. The number of aromatic nitrogens is 2. The summed E-state index contributed by atoms with van der Waals surface area (Å²) in [6.45, 7) is 0. The summed E-state index contributed by atoms with van der Waals surface area (Å²) in [6, 6.07) is 3.06. The van der Waals surface area contributed by atoms with Gasteiger partial charge in [0.2, 0.25) is 0 Å². The molecular formula is C7H5N3O2. The van der Waals surface area contributed by atoms with E-state index in [0.29, 0.717) is 0 Å². The molecule has 0 saturated carbocycles. The van der Waals surface area contributed by atoms with E-state index < -0.39 is 5.97 Å². The molecule has 12 heavy (non-hydrogen) atoms. The average molecular weight is 163 g/mol. The molecule has 1 aromatic heterocycles. The van der Waals surface area contributed by atoms with Crippen LogP contribution < -0.4 is 0 Å². The molecule has 0 N–H and O–H groups in total. The molecule has 1 heterocycles. The lowest BCUT2D eigenvalue weighted by Crippen LogP contribution is -2.04. The molecule has 0 aromatic carbocycles. The van der Waals surface area contributed by atoms with Crippen molar-refractivity contribution in [3.63, 3.8) is 0 Å². The van der Waals surface area contributed by atoms with Gasteiger partial charge < -0.3 is 4.74 Å². The van der Waals surface area contributed by atoms with Crippen molar-refractivity contribution in [3.8, 4) is 6.07 Å². The maximum atomic E-state index is 10.9. The van der Waals surface area contributed by atoms with Crippen molar-refractivity contribution in [2.24, 2.45) is 0 Å². The quantitative estimate of drug-likeness (QED) is 0.550. The Balaban J connectivity index is 3.04. The Hall–Kier alpha value is -1.96. The summed E-state index contributed by atoms with van der Waals surface area (Å²) in [5, 5.41) is 8.42. The van der Waals surface area contributed by atoms with Crippen molar-refractivity contribution >= 4 is 5.97 Å². The van der Waals surface area contributed by atoms with Crippen LogP contribution in [-0.4, -0.2) is 23.0 Å². The molecule has 0 bridgehead atoms. The Morgan fingerprint density at radius 3 is 3.00 bits per heavy atom. The van der Waals surface area contributed by atoms with Gasteiger partial charge in [0.25, 0.3) is 0 Å². The molecule has 1 rings (SSSR count). The van der Waals surface area contributed by atoms with Gasteiger partial charge in [0.05, 0.1) is 7.11 Å². The Labute approximate surface area is 68.6 Å². The highest BCUT2D eigenvalue weighted by molar-refractivity contribution is 5.87. The van der Waals surface area contributed by atoms with Crippen molar-refractivity contribution in [2.75, 3.05) is 7.11 Å². The second kappa shape index (κ2) is 3.44. The van der Waals surface area contributed by atoms with E-state index in [1.165, 1.54) is 13.2 Å². The highest BCUT2D eigenvalue weighted by atomic mass is 16.5. The smallest absolute Gasteiger partial charge is 0.356 e. The van der Waals surface area contributed by atoms with Crippen molar-refractivity contribution in [1.82, 2.24) is 9.97 Å². The molecule has 0 unspecified atom stereocenters. The molecule has 0 atom stereocenters. The normalized spacial score (nSPS) is 8.67. The number of carbonyl (C=O) groups excluding carboxylic acids is 1. The summed E-state index contributed by atoms with van der Waals surface area (Å²) in [4.78, 5) is 18.1. The monoisotopic (exact) mass is 163 g/mol. The Morgan fingerprint density at radius 2 is 2.42 bits per heavy atom. The van der Waals surface area contributed by atoms with Crippen molar-refractivity contribution in [1.29, 1.82) is 5.26 Å². The molecule has 0 spiro atoms. The van der Waals surface area contributed by atoms with Gasteiger partial charge in [0.15, 0.2) is 5.69 Å². The van der Waals surface area contributed by atoms with E-state index in [0.717, 1.165) is 6.33 Å². The van der Waals surface area contributed by atoms with Gasteiger partial charge in [-0.2, -0.15) is 5.26 Å². The first kappa shape index (κ1) is 8.14. The number of nitrogens with zero attached hydrogens (tertiary/aromatic N) is 3. The van der Waals surface area contributed by atoms with Crippen LogP contribution in [0.3, 0.4) is 0 Å². The van der Waals surface area contributed by atoms with E-state index >= 15 is 0 Å². The fourth-order valence-electron chi connectivity index (χ4n) is 0.635. The highest BCUT2D eigenvalue weighted by Crippen LogP contribution is 1.97. The molecule has 1 aromatic rings. The first-order chi connectivity index (χ1) is 5.77. The van der Waals surface area contributed by atoms with Crippen LogP contribution >= 0.6 is 0 Å². The van der Waals surface area contributed by atoms with E-state index in [1.807, 2.05) is 0 Å². The number of carbonyl (C=O) groups is 1. The lowest BCUT2D eigenvalue weighted by atomic mass is 10.3. The van der Waals surface area contributed by atoms with Crippen LogP contribution in [0.4, 0.5) is 0 Å². The number of hydrogen-bond donors (Lipinski definition) is 0. The lowest BCUT2D eigenvalue weighted by molar-refractivity contribution is 0.0593. The molecule has 0 aliphatic heterocycles. The fraction of sp³-hybridized carbons (Fsp3) is 0.143. The molecule has 0 radical (unpaired) electrons. The summed E-state index contributed by atoms with van der Waals surface area (Å²) < 4.78 is 4.40. The van der Waals surface area contributed by atoms with Gasteiger partial charge in [0.1, 0.15) is 18.1 Å². The molecule has 5 nitrogen and oxygen atoms in total. The second-order valence-electron chi connectivity index (χ2n) is 1.89. The Morgan fingerprint density at radius 1 is 1.67 bits per heavy atom. The number of nitriles is 1. The minimum Gasteiger partial charge on any atom is -0.464 e. The third-order valence-electron chi connectivity index (χ3n) is 1.18. The van der Waals surface area contributed by atoms with Crippen molar-refractivity contribution in [2.45, 2.75) is 0 Å². The molecule has 0 amide bonds. The van der Waals surface area contributed by atoms with Crippen molar-refractivity contribution in [3.05, 3.63) is 23.8 Å². The number of rotatable bonds is 1. The van der Waals surface area contributed by atoms with Gasteiger partial charge in [-0.1, -0.05) is 0 Å². The molecule has 60 valence electrons. The molecular weight excluding hydrogens is 158 g/mol. The average Bonchev–Trinajstić information content (AvgIpc) is 2.17. The summed E-state index contributed by atoms with van der Waals surface area (Å²) in [5.74, 6) is -0.575. The van der Waals surface area contributed by atoms with Crippen LogP contribution in [0.5, 0.6) is 0 Å². The van der Waals surface area contributed by atoms with Crippen molar-refractivity contribution < 1.29 is 9.53 Å². The van der Waals surface area contributed by atoms with Crippen LogP contribution in [0.2, 0.25) is 0 Å². The van der Waals surface area contributed by atoms with E-state index in [-0.39, 0.29) is 11.4 Å². The summed E-state index contributed by atoms with van der Waals surface area (Å²) >= 11 is 0. The highest BCUT2D eigenvalue weighted by Gasteiger charge is 2.07. The Kier molecular flexibility index (Phi) is 2.33. The molecule has 0 aliphatic carbocycles. The standard InChI is InChI=1S/C7H5N3O2/c1-12-7(11)6-2-5(3-8)9-4-10-6/h2,4H,1H3. The zero-order chi connectivity index (χ0) is 8.97. The van der Waals surface area contributed by atoms with Crippen LogP contribution in [0.15, 0.2) is 12.4 Å². The minimum absolute atomic E-state index is 0.0871. The van der Waals surface area contributed by atoms with E-state index in [9.17, 15) is 4.79 Å². The van der Waals surface area contributed by atoms with Gasteiger partial charge in [-0.25, -0.2) is 14.8 Å². The summed E-state index contributed by atoms with van der Waals surface area (Å²) in [6.07, 6.45) is 1.14. The third kappa shape index (κ3) is 1.55. The lowest BCUT2D eigenvalue weighted by Gasteiger charge is -1.95. The van der Waals surface area contributed by atoms with E-state index in [4.69, 9.17) is 5.26 Å². The largest absolute Gasteiger partial charge is 0.464 e. The minimum atomic E-state index is -0.575. The maximum absolute atomic E-state index is 10.9.